The quantitative estimate of drug-likeness (QED) is 0.759. The predicted molar refractivity (Wildman–Crippen MR) is 74.8 cm³/mol. The van der Waals surface area contributed by atoms with Crippen LogP contribution < -0.4 is 5.32 Å². The SMILES string of the molecule is Fc1ccc(Cl)c(NCc2c[nH]c3ncccc23)c1. The number of rotatable bonds is 3. The fourth-order valence-corrected chi connectivity index (χ4v) is 2.17. The first kappa shape index (κ1) is 12.0. The summed E-state index contributed by atoms with van der Waals surface area (Å²) in [6, 6.07) is 8.13. The topological polar surface area (TPSA) is 40.7 Å². The number of aromatic nitrogens is 2. The molecule has 3 rings (SSSR count). The number of nitrogens with one attached hydrogen (secondary N) is 2. The summed E-state index contributed by atoms with van der Waals surface area (Å²) in [4.78, 5) is 7.31. The Morgan fingerprint density at radius 3 is 3.11 bits per heavy atom. The van der Waals surface area contributed by atoms with Crippen molar-refractivity contribution in [2.45, 2.75) is 6.54 Å². The molecular formula is C14H11ClFN3. The lowest BCUT2D eigenvalue weighted by Gasteiger charge is -2.07. The van der Waals surface area contributed by atoms with Gasteiger partial charge in [-0.25, -0.2) is 9.37 Å². The molecule has 0 spiro atoms. The molecule has 19 heavy (non-hydrogen) atoms. The third kappa shape index (κ3) is 2.39. The van der Waals surface area contributed by atoms with Gasteiger partial charge < -0.3 is 10.3 Å². The van der Waals surface area contributed by atoms with E-state index in [0.29, 0.717) is 17.3 Å². The first-order valence-electron chi connectivity index (χ1n) is 5.84. The fourth-order valence-electron chi connectivity index (χ4n) is 1.98. The Hall–Kier alpha value is -2.07. The second kappa shape index (κ2) is 4.90. The van der Waals surface area contributed by atoms with Crippen LogP contribution in [0.25, 0.3) is 11.0 Å². The zero-order valence-electron chi connectivity index (χ0n) is 9.95. The molecule has 1 aromatic carbocycles. The van der Waals surface area contributed by atoms with Crippen molar-refractivity contribution < 1.29 is 4.39 Å². The van der Waals surface area contributed by atoms with E-state index in [-0.39, 0.29) is 5.82 Å². The van der Waals surface area contributed by atoms with E-state index < -0.39 is 0 Å². The summed E-state index contributed by atoms with van der Waals surface area (Å²) in [6.07, 6.45) is 3.62. The van der Waals surface area contributed by atoms with Gasteiger partial charge in [-0.3, -0.25) is 0 Å². The summed E-state index contributed by atoms with van der Waals surface area (Å²) in [6.45, 7) is 0.550. The van der Waals surface area contributed by atoms with Crippen molar-refractivity contribution in [3.63, 3.8) is 0 Å². The number of benzene rings is 1. The first-order valence-corrected chi connectivity index (χ1v) is 6.22. The maximum atomic E-state index is 13.2. The third-order valence-electron chi connectivity index (χ3n) is 2.93. The predicted octanol–water partition coefficient (Wildman–Crippen LogP) is 3.97. The number of H-pyrrole nitrogens is 1. The van der Waals surface area contributed by atoms with Gasteiger partial charge in [0.05, 0.1) is 10.7 Å². The van der Waals surface area contributed by atoms with Crippen LogP contribution in [0.1, 0.15) is 5.56 Å². The summed E-state index contributed by atoms with van der Waals surface area (Å²) < 4.78 is 13.2. The normalized spacial score (nSPS) is 10.8. The number of hydrogen-bond donors (Lipinski definition) is 2. The second-order valence-corrected chi connectivity index (χ2v) is 4.60. The largest absolute Gasteiger partial charge is 0.380 e. The van der Waals surface area contributed by atoms with Crippen molar-refractivity contribution in [3.8, 4) is 0 Å². The highest BCUT2D eigenvalue weighted by molar-refractivity contribution is 6.33. The molecular weight excluding hydrogens is 265 g/mol. The van der Waals surface area contributed by atoms with Gasteiger partial charge in [-0.05, 0) is 35.9 Å². The summed E-state index contributed by atoms with van der Waals surface area (Å²) in [5.74, 6) is -0.313. The number of fused-ring (bicyclic) bond motifs is 1. The van der Waals surface area contributed by atoms with Crippen LogP contribution in [-0.2, 0) is 6.54 Å². The molecule has 2 aromatic heterocycles. The monoisotopic (exact) mass is 275 g/mol. The summed E-state index contributed by atoms with van der Waals surface area (Å²) in [5.41, 5.74) is 2.48. The number of nitrogens with zero attached hydrogens (tertiary/aromatic N) is 1. The zero-order valence-corrected chi connectivity index (χ0v) is 10.7. The molecule has 0 aliphatic rings. The van der Waals surface area contributed by atoms with E-state index in [1.54, 1.807) is 6.20 Å². The van der Waals surface area contributed by atoms with Gasteiger partial charge in [-0.15, -0.1) is 0 Å². The van der Waals surface area contributed by atoms with Gasteiger partial charge in [0.1, 0.15) is 11.5 Å². The Bertz CT molecular complexity index is 724. The molecule has 0 aliphatic carbocycles. The molecule has 0 bridgehead atoms. The minimum Gasteiger partial charge on any atom is -0.380 e. The molecule has 2 heterocycles. The van der Waals surface area contributed by atoms with E-state index in [4.69, 9.17) is 11.6 Å². The summed E-state index contributed by atoms with van der Waals surface area (Å²) in [7, 11) is 0. The van der Waals surface area contributed by atoms with Crippen molar-refractivity contribution in [3.05, 3.63) is 59.1 Å². The standard InChI is InChI=1S/C14H11ClFN3/c15-12-4-3-10(16)6-13(12)18-7-9-8-19-14-11(9)2-1-5-17-14/h1-6,8,18H,7H2,(H,17,19). The van der Waals surface area contributed by atoms with Gasteiger partial charge in [0, 0.05) is 24.3 Å². The molecule has 3 nitrogen and oxygen atoms in total. The maximum absolute atomic E-state index is 13.2. The average Bonchev–Trinajstić information content (AvgIpc) is 2.83. The molecule has 0 saturated heterocycles. The number of hydrogen-bond acceptors (Lipinski definition) is 2. The minimum atomic E-state index is -0.313. The molecule has 0 unspecified atom stereocenters. The zero-order chi connectivity index (χ0) is 13.2. The van der Waals surface area contributed by atoms with Crippen molar-refractivity contribution in [2.75, 3.05) is 5.32 Å². The van der Waals surface area contributed by atoms with Crippen LogP contribution in [0.4, 0.5) is 10.1 Å². The molecule has 0 amide bonds. The van der Waals surface area contributed by atoms with E-state index >= 15 is 0 Å². The van der Waals surface area contributed by atoms with Crippen LogP contribution in [0.3, 0.4) is 0 Å². The van der Waals surface area contributed by atoms with Gasteiger partial charge >= 0.3 is 0 Å². The van der Waals surface area contributed by atoms with Crippen molar-refractivity contribution in [1.82, 2.24) is 9.97 Å². The Morgan fingerprint density at radius 1 is 1.32 bits per heavy atom. The lowest BCUT2D eigenvalue weighted by molar-refractivity contribution is 0.628. The molecule has 2 N–H and O–H groups in total. The van der Waals surface area contributed by atoms with Crippen LogP contribution in [-0.4, -0.2) is 9.97 Å². The van der Waals surface area contributed by atoms with Gasteiger partial charge in [-0.2, -0.15) is 0 Å². The maximum Gasteiger partial charge on any atom is 0.137 e. The number of pyridine rings is 1. The molecule has 0 fully saturated rings. The van der Waals surface area contributed by atoms with Crippen LogP contribution >= 0.6 is 11.6 Å². The highest BCUT2D eigenvalue weighted by Crippen LogP contribution is 2.24. The summed E-state index contributed by atoms with van der Waals surface area (Å²) in [5, 5.41) is 4.67. The van der Waals surface area contributed by atoms with Gasteiger partial charge in [0.2, 0.25) is 0 Å². The molecule has 0 aliphatic heterocycles. The Kier molecular flexibility index (Phi) is 3.09. The van der Waals surface area contributed by atoms with Crippen LogP contribution in [0, 0.1) is 5.82 Å². The molecule has 0 atom stereocenters. The molecule has 0 saturated carbocycles. The molecule has 0 radical (unpaired) electrons. The molecule has 3 aromatic rings. The highest BCUT2D eigenvalue weighted by Gasteiger charge is 2.06. The number of anilines is 1. The highest BCUT2D eigenvalue weighted by atomic mass is 35.5. The fraction of sp³-hybridized carbons (Fsp3) is 0.0714. The van der Waals surface area contributed by atoms with Gasteiger partial charge in [0.15, 0.2) is 0 Å². The second-order valence-electron chi connectivity index (χ2n) is 4.19. The first-order chi connectivity index (χ1) is 9.24. The van der Waals surface area contributed by atoms with E-state index in [1.165, 1.54) is 18.2 Å². The van der Waals surface area contributed by atoms with Crippen molar-refractivity contribution >= 4 is 28.3 Å². The lowest BCUT2D eigenvalue weighted by Crippen LogP contribution is -1.99. The number of halogens is 2. The van der Waals surface area contributed by atoms with E-state index in [0.717, 1.165) is 16.6 Å². The van der Waals surface area contributed by atoms with Crippen LogP contribution in [0.5, 0.6) is 0 Å². The van der Waals surface area contributed by atoms with E-state index in [9.17, 15) is 4.39 Å². The molecule has 5 heteroatoms. The Morgan fingerprint density at radius 2 is 2.21 bits per heavy atom. The van der Waals surface area contributed by atoms with Gasteiger partial charge in [-0.1, -0.05) is 11.6 Å². The van der Waals surface area contributed by atoms with Crippen LogP contribution in [0.2, 0.25) is 5.02 Å². The van der Waals surface area contributed by atoms with E-state index in [1.807, 2.05) is 18.3 Å². The smallest absolute Gasteiger partial charge is 0.137 e. The Labute approximate surface area is 114 Å². The average molecular weight is 276 g/mol. The number of aromatic amines is 1. The third-order valence-corrected chi connectivity index (χ3v) is 3.26. The minimum absolute atomic E-state index is 0.313. The lowest BCUT2D eigenvalue weighted by atomic mass is 10.2. The van der Waals surface area contributed by atoms with Gasteiger partial charge in [0.25, 0.3) is 0 Å². The van der Waals surface area contributed by atoms with E-state index in [2.05, 4.69) is 15.3 Å². The molecule has 96 valence electrons. The van der Waals surface area contributed by atoms with Crippen molar-refractivity contribution in [1.29, 1.82) is 0 Å². The van der Waals surface area contributed by atoms with Crippen molar-refractivity contribution in [2.24, 2.45) is 0 Å². The summed E-state index contributed by atoms with van der Waals surface area (Å²) >= 11 is 6.01. The van der Waals surface area contributed by atoms with Crippen LogP contribution in [0.15, 0.2) is 42.7 Å². The Balaban J connectivity index is 1.84.